The van der Waals surface area contributed by atoms with E-state index in [9.17, 15) is 19.6 Å². The molecule has 2 aliphatic rings. The molecule has 2 N–H and O–H groups in total. The zero-order chi connectivity index (χ0) is 30.1. The van der Waals surface area contributed by atoms with Crippen LogP contribution in [0.3, 0.4) is 0 Å². The number of allylic oxidation sites excluding steroid dienone is 3. The van der Waals surface area contributed by atoms with Crippen molar-refractivity contribution in [1.29, 1.82) is 5.26 Å². The zero-order valence-electron chi connectivity index (χ0n) is 23.9. The predicted octanol–water partition coefficient (Wildman–Crippen LogP) is 3.94. The standard InChI is InChI=1S/C29H34ClN7O4/c1-15-7-8-19(30)12-20(15)22-9-10-24(29(5,6)14-31)37(22)28(40)18(4)34-25(38)21-13-32-27(17(3)33-21)41-23-11-16(2)35-36-26(23)39/h7-8,11-13,15,18,20,22,24H,9-10H2,1-6H3,(H,34,38)(H,36,39)/t15?,18-,20?,22+,24-/m1/s1. The van der Waals surface area contributed by atoms with Gasteiger partial charge >= 0.3 is 5.56 Å². The Bertz CT molecular complexity index is 1510. The molecule has 4 rings (SSSR count). The molecule has 41 heavy (non-hydrogen) atoms. The molecule has 2 unspecified atom stereocenters. The number of rotatable bonds is 7. The summed E-state index contributed by atoms with van der Waals surface area (Å²) in [6.07, 6.45) is 8.48. The molecule has 1 saturated heterocycles. The molecule has 0 aromatic carbocycles. The van der Waals surface area contributed by atoms with Gasteiger partial charge < -0.3 is 15.0 Å². The Labute approximate surface area is 243 Å². The SMILES string of the molecule is Cc1cc(Oc2ncc(C(=O)N[C@H](C)C(=O)N3[C@H](C4C=C(Cl)C=CC4C)CC[C@@H]3C(C)(C)C#N)nc2C)c(=O)[nH]n1. The van der Waals surface area contributed by atoms with Crippen molar-refractivity contribution in [3.05, 3.63) is 63.0 Å². The van der Waals surface area contributed by atoms with Crippen LogP contribution >= 0.6 is 11.6 Å². The molecule has 11 nitrogen and oxygen atoms in total. The van der Waals surface area contributed by atoms with Crippen LogP contribution in [0.1, 0.15) is 62.4 Å². The van der Waals surface area contributed by atoms with Gasteiger partial charge in [-0.15, -0.1) is 0 Å². The van der Waals surface area contributed by atoms with Gasteiger partial charge in [0.05, 0.1) is 29.4 Å². The van der Waals surface area contributed by atoms with Crippen LogP contribution in [-0.4, -0.2) is 55.0 Å². The average Bonchev–Trinajstić information content (AvgIpc) is 3.38. The molecule has 0 radical (unpaired) electrons. The summed E-state index contributed by atoms with van der Waals surface area (Å²) < 4.78 is 5.59. The molecule has 216 valence electrons. The third-order valence-corrected chi connectivity index (χ3v) is 7.98. The number of nitrogens with one attached hydrogen (secondary N) is 2. The van der Waals surface area contributed by atoms with E-state index in [-0.39, 0.29) is 52.8 Å². The van der Waals surface area contributed by atoms with E-state index in [4.69, 9.17) is 16.3 Å². The van der Waals surface area contributed by atoms with E-state index >= 15 is 0 Å². The number of hydrogen-bond acceptors (Lipinski definition) is 8. The highest BCUT2D eigenvalue weighted by atomic mass is 35.5. The van der Waals surface area contributed by atoms with E-state index in [0.717, 1.165) is 6.42 Å². The minimum absolute atomic E-state index is 0.000224. The summed E-state index contributed by atoms with van der Waals surface area (Å²) in [4.78, 5) is 49.3. The number of ether oxygens (including phenoxy) is 1. The highest BCUT2D eigenvalue weighted by Gasteiger charge is 2.48. The number of carbonyl (C=O) groups is 2. The zero-order valence-corrected chi connectivity index (χ0v) is 24.7. The smallest absolute Gasteiger partial charge is 0.307 e. The summed E-state index contributed by atoms with van der Waals surface area (Å²) >= 11 is 6.34. The molecule has 5 atom stereocenters. The Morgan fingerprint density at radius 3 is 2.73 bits per heavy atom. The van der Waals surface area contributed by atoms with Crippen molar-refractivity contribution >= 4 is 23.4 Å². The largest absolute Gasteiger partial charge is 0.431 e. The number of likely N-dealkylation sites (tertiary alicyclic amines) is 1. The number of aryl methyl sites for hydroxylation is 2. The molecular formula is C29H34ClN7O4. The number of nitriles is 1. The fourth-order valence-corrected chi connectivity index (χ4v) is 5.66. The van der Waals surface area contributed by atoms with Crippen molar-refractivity contribution in [3.8, 4) is 17.7 Å². The van der Waals surface area contributed by atoms with Crippen LogP contribution < -0.4 is 15.6 Å². The quantitative estimate of drug-likeness (QED) is 0.500. The molecule has 0 saturated carbocycles. The summed E-state index contributed by atoms with van der Waals surface area (Å²) in [5.74, 6) is -0.675. The Morgan fingerprint density at radius 2 is 2.05 bits per heavy atom. The predicted molar refractivity (Wildman–Crippen MR) is 152 cm³/mol. The van der Waals surface area contributed by atoms with Gasteiger partial charge in [0, 0.05) is 23.1 Å². The molecule has 0 bridgehead atoms. The van der Waals surface area contributed by atoms with Gasteiger partial charge in [-0.25, -0.2) is 15.1 Å². The molecular weight excluding hydrogens is 546 g/mol. The summed E-state index contributed by atoms with van der Waals surface area (Å²) in [6, 6.07) is 2.43. The van der Waals surface area contributed by atoms with Crippen LogP contribution in [0.25, 0.3) is 0 Å². The first-order chi connectivity index (χ1) is 19.3. The molecule has 1 aliphatic carbocycles. The number of halogens is 1. The van der Waals surface area contributed by atoms with Gasteiger partial charge in [-0.1, -0.05) is 30.7 Å². The van der Waals surface area contributed by atoms with Crippen LogP contribution in [0.5, 0.6) is 11.6 Å². The van der Waals surface area contributed by atoms with Gasteiger partial charge in [0.15, 0.2) is 5.75 Å². The van der Waals surface area contributed by atoms with E-state index in [0.29, 0.717) is 17.1 Å². The number of carbonyl (C=O) groups excluding carboxylic acids is 2. The highest BCUT2D eigenvalue weighted by Crippen LogP contribution is 2.42. The summed E-state index contributed by atoms with van der Waals surface area (Å²) in [5.41, 5.74) is -0.497. The van der Waals surface area contributed by atoms with Gasteiger partial charge in [0.2, 0.25) is 11.8 Å². The van der Waals surface area contributed by atoms with E-state index in [1.165, 1.54) is 12.3 Å². The molecule has 2 aromatic rings. The fraction of sp³-hybridized carbons (Fsp3) is 0.483. The minimum atomic E-state index is -0.898. The second kappa shape index (κ2) is 11.8. The first-order valence-corrected chi connectivity index (χ1v) is 13.9. The van der Waals surface area contributed by atoms with E-state index in [1.54, 1.807) is 25.7 Å². The van der Waals surface area contributed by atoms with E-state index < -0.39 is 22.9 Å². The van der Waals surface area contributed by atoms with Crippen molar-refractivity contribution in [3.63, 3.8) is 0 Å². The first kappa shape index (κ1) is 29.9. The number of aromatic amines is 1. The highest BCUT2D eigenvalue weighted by molar-refractivity contribution is 6.31. The van der Waals surface area contributed by atoms with Crippen LogP contribution in [0.4, 0.5) is 0 Å². The van der Waals surface area contributed by atoms with Crippen LogP contribution in [0.2, 0.25) is 0 Å². The molecule has 2 aromatic heterocycles. The monoisotopic (exact) mass is 579 g/mol. The van der Waals surface area contributed by atoms with Crippen molar-refractivity contribution in [2.75, 3.05) is 0 Å². The Balaban J connectivity index is 1.53. The second-order valence-electron chi connectivity index (χ2n) is 11.2. The number of amides is 2. The summed E-state index contributed by atoms with van der Waals surface area (Å²) in [6.45, 7) is 10.7. The van der Waals surface area contributed by atoms with E-state index in [2.05, 4.69) is 38.5 Å². The van der Waals surface area contributed by atoms with Crippen LogP contribution in [0.15, 0.2) is 40.3 Å². The molecule has 1 fully saturated rings. The lowest BCUT2D eigenvalue weighted by molar-refractivity contribution is -0.138. The van der Waals surface area contributed by atoms with Crippen molar-refractivity contribution in [2.45, 2.75) is 72.5 Å². The maximum Gasteiger partial charge on any atom is 0.307 e. The molecule has 1 aliphatic heterocycles. The molecule has 0 spiro atoms. The Morgan fingerprint density at radius 1 is 1.32 bits per heavy atom. The Hall–Kier alpha value is -4.04. The Kier molecular flexibility index (Phi) is 8.63. The van der Waals surface area contributed by atoms with Crippen LogP contribution in [0, 0.1) is 42.4 Å². The summed E-state index contributed by atoms with van der Waals surface area (Å²) in [7, 11) is 0. The normalized spacial score (nSPS) is 23.0. The van der Waals surface area contributed by atoms with Crippen molar-refractivity contribution in [2.24, 2.45) is 17.3 Å². The van der Waals surface area contributed by atoms with Gasteiger partial charge in [-0.2, -0.15) is 10.4 Å². The maximum absolute atomic E-state index is 13.9. The lowest BCUT2D eigenvalue weighted by atomic mass is 9.82. The number of hydrogen-bond donors (Lipinski definition) is 2. The minimum Gasteiger partial charge on any atom is -0.431 e. The molecule has 3 heterocycles. The second-order valence-corrected chi connectivity index (χ2v) is 11.7. The average molecular weight is 580 g/mol. The molecule has 12 heteroatoms. The fourth-order valence-electron chi connectivity index (χ4n) is 5.44. The van der Waals surface area contributed by atoms with Gasteiger partial charge in [0.25, 0.3) is 5.91 Å². The third kappa shape index (κ3) is 6.33. The topological polar surface area (TPSA) is 154 Å². The van der Waals surface area contributed by atoms with E-state index in [1.807, 2.05) is 32.1 Å². The van der Waals surface area contributed by atoms with Crippen molar-refractivity contribution in [1.82, 2.24) is 30.4 Å². The van der Waals surface area contributed by atoms with Gasteiger partial charge in [0.1, 0.15) is 17.4 Å². The summed E-state index contributed by atoms with van der Waals surface area (Å²) in [5, 5.41) is 19.4. The third-order valence-electron chi connectivity index (χ3n) is 7.72. The molecule has 2 amide bonds. The van der Waals surface area contributed by atoms with Crippen molar-refractivity contribution < 1.29 is 14.3 Å². The number of nitrogens with zero attached hydrogens (tertiary/aromatic N) is 5. The lowest BCUT2D eigenvalue weighted by Crippen LogP contribution is -2.56. The number of aromatic nitrogens is 4. The van der Waals surface area contributed by atoms with Crippen LogP contribution in [-0.2, 0) is 4.79 Å². The lowest BCUT2D eigenvalue weighted by Gasteiger charge is -2.41. The number of H-pyrrole nitrogens is 1. The first-order valence-electron chi connectivity index (χ1n) is 13.5. The maximum atomic E-state index is 13.9. The van der Waals surface area contributed by atoms with Gasteiger partial charge in [-0.3, -0.25) is 14.4 Å². The van der Waals surface area contributed by atoms with Gasteiger partial charge in [-0.05, 0) is 59.5 Å².